The lowest BCUT2D eigenvalue weighted by atomic mass is 10.1. The minimum absolute atomic E-state index is 0.0461. The number of methoxy groups -OCH3 is 1. The van der Waals surface area contributed by atoms with Gasteiger partial charge in [-0.3, -0.25) is 10.1 Å². The van der Waals surface area contributed by atoms with Crippen LogP contribution in [0, 0.1) is 15.9 Å². The quantitative estimate of drug-likeness (QED) is 0.658. The summed E-state index contributed by atoms with van der Waals surface area (Å²) in [5.74, 6) is -0.455. The van der Waals surface area contributed by atoms with Gasteiger partial charge < -0.3 is 10.1 Å². The number of hydrogen-bond acceptors (Lipinski definition) is 4. The van der Waals surface area contributed by atoms with Crippen molar-refractivity contribution in [3.8, 4) is 0 Å². The molecule has 1 aromatic rings. The lowest BCUT2D eigenvalue weighted by Crippen LogP contribution is -2.27. The second kappa shape index (κ2) is 6.08. The van der Waals surface area contributed by atoms with Gasteiger partial charge in [-0.15, -0.1) is 0 Å². The molecule has 2 atom stereocenters. The predicted molar refractivity (Wildman–Crippen MR) is 68.3 cm³/mol. The zero-order valence-electron chi connectivity index (χ0n) is 10.8. The topological polar surface area (TPSA) is 64.4 Å². The number of ether oxygens (including phenoxy) is 1. The Labute approximate surface area is 110 Å². The molecular formula is C13H17FN2O3. The Morgan fingerprint density at radius 2 is 2.32 bits per heavy atom. The van der Waals surface area contributed by atoms with Crippen molar-refractivity contribution in [1.82, 2.24) is 5.32 Å². The van der Waals surface area contributed by atoms with Gasteiger partial charge in [0, 0.05) is 31.3 Å². The molecule has 0 aliphatic heterocycles. The van der Waals surface area contributed by atoms with Crippen molar-refractivity contribution < 1.29 is 14.1 Å². The van der Waals surface area contributed by atoms with Gasteiger partial charge in [-0.25, -0.2) is 4.39 Å². The summed E-state index contributed by atoms with van der Waals surface area (Å²) in [5.41, 5.74) is 0.334. The van der Waals surface area contributed by atoms with Crippen molar-refractivity contribution in [1.29, 1.82) is 0 Å². The maximum absolute atomic E-state index is 13.2. The maximum Gasteiger partial charge on any atom is 0.274 e. The third-order valence-electron chi connectivity index (χ3n) is 3.54. The monoisotopic (exact) mass is 268 g/mol. The Balaban J connectivity index is 1.99. The summed E-state index contributed by atoms with van der Waals surface area (Å²) < 4.78 is 18.4. The van der Waals surface area contributed by atoms with E-state index in [0.29, 0.717) is 12.1 Å². The second-order valence-corrected chi connectivity index (χ2v) is 4.78. The van der Waals surface area contributed by atoms with Crippen LogP contribution < -0.4 is 5.32 Å². The van der Waals surface area contributed by atoms with Gasteiger partial charge in [0.15, 0.2) is 0 Å². The van der Waals surface area contributed by atoms with E-state index in [1.165, 1.54) is 12.1 Å². The van der Waals surface area contributed by atoms with E-state index in [2.05, 4.69) is 5.32 Å². The Hall–Kier alpha value is -1.53. The fourth-order valence-electron chi connectivity index (χ4n) is 2.47. The van der Waals surface area contributed by atoms with E-state index < -0.39 is 10.7 Å². The summed E-state index contributed by atoms with van der Waals surface area (Å²) in [7, 11) is 1.68. The van der Waals surface area contributed by atoms with Gasteiger partial charge in [-0.05, 0) is 31.4 Å². The van der Waals surface area contributed by atoms with Gasteiger partial charge in [0.05, 0.1) is 11.0 Å². The number of nitro benzene ring substituents is 1. The Kier molecular flexibility index (Phi) is 4.44. The van der Waals surface area contributed by atoms with E-state index in [0.717, 1.165) is 25.3 Å². The minimum atomic E-state index is -0.483. The zero-order valence-corrected chi connectivity index (χ0v) is 10.8. The Bertz CT molecular complexity index is 467. The van der Waals surface area contributed by atoms with Gasteiger partial charge in [0.2, 0.25) is 0 Å². The van der Waals surface area contributed by atoms with Crippen molar-refractivity contribution in [2.75, 3.05) is 7.11 Å². The Morgan fingerprint density at radius 1 is 1.53 bits per heavy atom. The molecule has 6 heteroatoms. The summed E-state index contributed by atoms with van der Waals surface area (Å²) in [6.07, 6.45) is 3.10. The molecule has 2 unspecified atom stereocenters. The molecule has 0 amide bonds. The number of halogens is 1. The number of nitrogens with zero attached hydrogens (tertiary/aromatic N) is 1. The van der Waals surface area contributed by atoms with Crippen LogP contribution in [0.5, 0.6) is 0 Å². The second-order valence-electron chi connectivity index (χ2n) is 4.78. The predicted octanol–water partition coefficient (Wildman–Crippen LogP) is 2.39. The van der Waals surface area contributed by atoms with Crippen LogP contribution in [-0.4, -0.2) is 24.2 Å². The van der Waals surface area contributed by atoms with Crippen LogP contribution in [0.4, 0.5) is 10.1 Å². The lowest BCUT2D eigenvalue weighted by molar-refractivity contribution is -0.385. The summed E-state index contributed by atoms with van der Waals surface area (Å²) in [4.78, 5) is 10.4. The highest BCUT2D eigenvalue weighted by molar-refractivity contribution is 5.40. The van der Waals surface area contributed by atoms with Crippen molar-refractivity contribution >= 4 is 5.69 Å². The molecule has 0 bridgehead atoms. The van der Waals surface area contributed by atoms with Gasteiger partial charge in [0.1, 0.15) is 5.82 Å². The summed E-state index contributed by atoms with van der Waals surface area (Å²) in [6, 6.07) is 3.80. The summed E-state index contributed by atoms with van der Waals surface area (Å²) in [5, 5.41) is 14.1. The minimum Gasteiger partial charge on any atom is -0.381 e. The normalized spacial score (nSPS) is 22.6. The summed E-state index contributed by atoms with van der Waals surface area (Å²) >= 11 is 0. The van der Waals surface area contributed by atoms with Gasteiger partial charge >= 0.3 is 0 Å². The Morgan fingerprint density at radius 3 is 2.95 bits per heavy atom. The molecule has 0 radical (unpaired) electrons. The first kappa shape index (κ1) is 13.9. The number of rotatable bonds is 5. The molecule has 104 valence electrons. The molecule has 0 heterocycles. The fraction of sp³-hybridized carbons (Fsp3) is 0.538. The molecule has 0 saturated heterocycles. The first-order valence-electron chi connectivity index (χ1n) is 6.29. The molecule has 1 N–H and O–H groups in total. The van der Waals surface area contributed by atoms with Gasteiger partial charge in [0.25, 0.3) is 5.69 Å². The third kappa shape index (κ3) is 3.48. The average molecular weight is 268 g/mol. The first-order valence-corrected chi connectivity index (χ1v) is 6.29. The van der Waals surface area contributed by atoms with E-state index in [1.807, 2.05) is 0 Å². The number of nitrogens with one attached hydrogen (secondary N) is 1. The number of nitro groups is 1. The number of hydrogen-bond donors (Lipinski definition) is 1. The van der Waals surface area contributed by atoms with Gasteiger partial charge in [-0.1, -0.05) is 0 Å². The molecule has 1 aromatic carbocycles. The van der Waals surface area contributed by atoms with Crippen LogP contribution in [0.2, 0.25) is 0 Å². The molecule has 5 nitrogen and oxygen atoms in total. The molecule has 1 aliphatic rings. The highest BCUT2D eigenvalue weighted by Crippen LogP contribution is 2.23. The molecule has 1 fully saturated rings. The average Bonchev–Trinajstić information content (AvgIpc) is 2.84. The smallest absolute Gasteiger partial charge is 0.274 e. The SMILES string of the molecule is COC1CCC(NCc2cc(F)ccc2[N+](=O)[O-])C1. The van der Waals surface area contributed by atoms with E-state index in [4.69, 9.17) is 4.74 Å². The van der Waals surface area contributed by atoms with Crippen LogP contribution in [-0.2, 0) is 11.3 Å². The van der Waals surface area contributed by atoms with Crippen molar-refractivity contribution in [3.63, 3.8) is 0 Å². The number of benzene rings is 1. The summed E-state index contributed by atoms with van der Waals surface area (Å²) in [6.45, 7) is 0.301. The van der Waals surface area contributed by atoms with Crippen molar-refractivity contribution in [2.24, 2.45) is 0 Å². The third-order valence-corrected chi connectivity index (χ3v) is 3.54. The fourth-order valence-corrected chi connectivity index (χ4v) is 2.47. The van der Waals surface area contributed by atoms with Crippen LogP contribution in [0.1, 0.15) is 24.8 Å². The van der Waals surface area contributed by atoms with E-state index in [9.17, 15) is 14.5 Å². The standard InChI is InChI=1S/C13H17FN2O3/c1-19-12-4-3-11(7-12)15-8-9-6-10(14)2-5-13(9)16(17)18/h2,5-6,11-12,15H,3-4,7-8H2,1H3. The molecule has 0 aromatic heterocycles. The highest BCUT2D eigenvalue weighted by Gasteiger charge is 2.24. The lowest BCUT2D eigenvalue weighted by Gasteiger charge is -2.13. The van der Waals surface area contributed by atoms with Crippen LogP contribution in [0.25, 0.3) is 0 Å². The van der Waals surface area contributed by atoms with E-state index in [1.54, 1.807) is 7.11 Å². The molecule has 2 rings (SSSR count). The van der Waals surface area contributed by atoms with Crippen LogP contribution in [0.15, 0.2) is 18.2 Å². The van der Waals surface area contributed by atoms with Crippen LogP contribution >= 0.6 is 0 Å². The first-order chi connectivity index (χ1) is 9.10. The van der Waals surface area contributed by atoms with Crippen LogP contribution in [0.3, 0.4) is 0 Å². The highest BCUT2D eigenvalue weighted by atomic mass is 19.1. The zero-order chi connectivity index (χ0) is 13.8. The molecule has 1 aliphatic carbocycles. The van der Waals surface area contributed by atoms with E-state index in [-0.39, 0.29) is 17.8 Å². The van der Waals surface area contributed by atoms with Gasteiger partial charge in [-0.2, -0.15) is 0 Å². The van der Waals surface area contributed by atoms with Crippen molar-refractivity contribution in [3.05, 3.63) is 39.7 Å². The molecule has 19 heavy (non-hydrogen) atoms. The molecular weight excluding hydrogens is 251 g/mol. The van der Waals surface area contributed by atoms with Crippen molar-refractivity contribution in [2.45, 2.75) is 38.0 Å². The molecule has 0 spiro atoms. The van der Waals surface area contributed by atoms with E-state index >= 15 is 0 Å². The maximum atomic E-state index is 13.2. The molecule has 1 saturated carbocycles. The largest absolute Gasteiger partial charge is 0.381 e.